The van der Waals surface area contributed by atoms with Crippen LogP contribution in [0.25, 0.3) is 0 Å². The number of carbonyl (C=O) groups excluding carboxylic acids is 1. The average Bonchev–Trinajstić information content (AvgIpc) is 3.15. The van der Waals surface area contributed by atoms with Gasteiger partial charge in [0.2, 0.25) is 0 Å². The summed E-state index contributed by atoms with van der Waals surface area (Å²) in [7, 11) is 1.96. The highest BCUT2D eigenvalue weighted by Crippen LogP contribution is 2.33. The first-order valence-electron chi connectivity index (χ1n) is 9.08. The van der Waals surface area contributed by atoms with Gasteiger partial charge < -0.3 is 10.2 Å². The van der Waals surface area contributed by atoms with Crippen LogP contribution in [0, 0.1) is 20.8 Å². The monoisotopic (exact) mass is 340 g/mol. The predicted molar refractivity (Wildman–Crippen MR) is 99.6 cm³/mol. The fraction of sp³-hybridized carbons (Fsp3) is 0.500. The molecular weight excluding hydrogens is 312 g/mol. The molecule has 0 radical (unpaired) electrons. The number of aryl methyl sites for hydroxylation is 3. The summed E-state index contributed by atoms with van der Waals surface area (Å²) in [6.07, 6.45) is 2.92. The number of nitrogens with one attached hydrogen (secondary N) is 1. The van der Waals surface area contributed by atoms with Gasteiger partial charge in [-0.25, -0.2) is 4.79 Å². The molecule has 0 aliphatic carbocycles. The van der Waals surface area contributed by atoms with E-state index in [9.17, 15) is 4.79 Å². The zero-order valence-electron chi connectivity index (χ0n) is 15.7. The molecular formula is C20H28N4O. The van der Waals surface area contributed by atoms with Gasteiger partial charge in [0.1, 0.15) is 0 Å². The van der Waals surface area contributed by atoms with Crippen LogP contribution in [0.15, 0.2) is 24.3 Å². The van der Waals surface area contributed by atoms with Crippen LogP contribution >= 0.6 is 0 Å². The molecule has 1 unspecified atom stereocenters. The molecule has 2 aromatic rings. The number of aromatic nitrogens is 2. The first-order chi connectivity index (χ1) is 12.0. The van der Waals surface area contributed by atoms with Crippen molar-refractivity contribution in [3.63, 3.8) is 0 Å². The third-order valence-corrected chi connectivity index (χ3v) is 5.37. The molecule has 5 heteroatoms. The fourth-order valence-electron chi connectivity index (χ4n) is 3.87. The number of rotatable bonds is 4. The van der Waals surface area contributed by atoms with Gasteiger partial charge >= 0.3 is 6.03 Å². The zero-order valence-corrected chi connectivity index (χ0v) is 15.7. The number of hydrogen-bond acceptors (Lipinski definition) is 2. The number of hydrogen-bond donors (Lipinski definition) is 1. The Morgan fingerprint density at radius 1 is 1.28 bits per heavy atom. The maximum atomic E-state index is 12.7. The lowest BCUT2D eigenvalue weighted by Crippen LogP contribution is -2.40. The van der Waals surface area contributed by atoms with Gasteiger partial charge in [-0.1, -0.05) is 24.3 Å². The van der Waals surface area contributed by atoms with Gasteiger partial charge in [0.25, 0.3) is 0 Å². The van der Waals surface area contributed by atoms with E-state index in [-0.39, 0.29) is 12.1 Å². The molecule has 3 rings (SSSR count). The molecule has 0 bridgehead atoms. The van der Waals surface area contributed by atoms with Gasteiger partial charge in [-0.05, 0) is 56.7 Å². The van der Waals surface area contributed by atoms with Crippen LogP contribution in [-0.2, 0) is 13.5 Å². The Morgan fingerprint density at radius 2 is 2.04 bits per heavy atom. The van der Waals surface area contributed by atoms with E-state index in [1.165, 1.54) is 22.4 Å². The van der Waals surface area contributed by atoms with Crippen LogP contribution in [-0.4, -0.2) is 33.8 Å². The molecule has 134 valence electrons. The van der Waals surface area contributed by atoms with Crippen molar-refractivity contribution in [1.29, 1.82) is 0 Å². The molecule has 1 aromatic carbocycles. The van der Waals surface area contributed by atoms with Gasteiger partial charge in [-0.15, -0.1) is 0 Å². The van der Waals surface area contributed by atoms with E-state index in [4.69, 9.17) is 0 Å². The number of likely N-dealkylation sites (tertiary alicyclic amines) is 1. The Bertz CT molecular complexity index is 765. The number of urea groups is 1. The third-order valence-electron chi connectivity index (χ3n) is 5.37. The summed E-state index contributed by atoms with van der Waals surface area (Å²) in [5, 5.41) is 7.55. The SMILES string of the molecule is Cc1ccccc1C1CCCN1C(=O)NCCc1c(C)nn(C)c1C. The lowest BCUT2D eigenvalue weighted by Gasteiger charge is -2.26. The number of carbonyl (C=O) groups is 1. The van der Waals surface area contributed by atoms with E-state index in [2.05, 4.69) is 48.5 Å². The van der Waals surface area contributed by atoms with Crippen LogP contribution in [0.5, 0.6) is 0 Å². The average molecular weight is 340 g/mol. The van der Waals surface area contributed by atoms with Gasteiger partial charge in [0.05, 0.1) is 11.7 Å². The minimum atomic E-state index is 0.0462. The van der Waals surface area contributed by atoms with E-state index in [0.717, 1.165) is 31.5 Å². The Balaban J connectivity index is 1.62. The molecule has 1 atom stereocenters. The van der Waals surface area contributed by atoms with Crippen molar-refractivity contribution in [2.45, 2.75) is 46.1 Å². The number of amides is 2. The second-order valence-corrected chi connectivity index (χ2v) is 6.96. The summed E-state index contributed by atoms with van der Waals surface area (Å²) in [4.78, 5) is 14.7. The second-order valence-electron chi connectivity index (χ2n) is 6.96. The van der Waals surface area contributed by atoms with Gasteiger partial charge in [0.15, 0.2) is 0 Å². The molecule has 0 saturated carbocycles. The quantitative estimate of drug-likeness (QED) is 0.927. The minimum Gasteiger partial charge on any atom is -0.338 e. The van der Waals surface area contributed by atoms with Gasteiger partial charge in [-0.3, -0.25) is 4.68 Å². The summed E-state index contributed by atoms with van der Waals surface area (Å²) in [6, 6.07) is 8.63. The van der Waals surface area contributed by atoms with Crippen molar-refractivity contribution in [2.24, 2.45) is 7.05 Å². The van der Waals surface area contributed by atoms with Gasteiger partial charge in [-0.2, -0.15) is 5.10 Å². The van der Waals surface area contributed by atoms with Crippen molar-refractivity contribution >= 4 is 6.03 Å². The third kappa shape index (κ3) is 3.55. The standard InChI is InChI=1S/C20H28N4O/c1-14-8-5-6-9-17(14)19-10-7-13-24(19)20(25)21-12-11-18-15(2)22-23(4)16(18)3/h5-6,8-9,19H,7,10-13H2,1-4H3,(H,21,25). The summed E-state index contributed by atoms with van der Waals surface area (Å²) < 4.78 is 1.90. The smallest absolute Gasteiger partial charge is 0.317 e. The van der Waals surface area contributed by atoms with E-state index in [1.807, 2.05) is 23.6 Å². The van der Waals surface area contributed by atoms with Crippen LogP contribution < -0.4 is 5.32 Å². The van der Waals surface area contributed by atoms with E-state index in [1.54, 1.807) is 0 Å². The zero-order chi connectivity index (χ0) is 18.0. The molecule has 1 aliphatic rings. The molecule has 1 saturated heterocycles. The maximum absolute atomic E-state index is 12.7. The van der Waals surface area contributed by atoms with E-state index < -0.39 is 0 Å². The minimum absolute atomic E-state index is 0.0462. The molecule has 2 amide bonds. The summed E-state index contributed by atoms with van der Waals surface area (Å²) in [6.45, 7) is 7.70. The Kier molecular flexibility index (Phi) is 5.11. The van der Waals surface area contributed by atoms with Crippen molar-refractivity contribution in [2.75, 3.05) is 13.1 Å². The number of nitrogens with zero attached hydrogens (tertiary/aromatic N) is 3. The summed E-state index contributed by atoms with van der Waals surface area (Å²) >= 11 is 0. The molecule has 25 heavy (non-hydrogen) atoms. The van der Waals surface area contributed by atoms with Crippen molar-refractivity contribution < 1.29 is 4.79 Å². The first-order valence-corrected chi connectivity index (χ1v) is 9.08. The van der Waals surface area contributed by atoms with Crippen LogP contribution in [0.2, 0.25) is 0 Å². The first kappa shape index (κ1) is 17.5. The molecule has 1 aliphatic heterocycles. The lowest BCUT2D eigenvalue weighted by molar-refractivity contribution is 0.193. The Morgan fingerprint density at radius 3 is 2.72 bits per heavy atom. The Labute approximate surface area is 150 Å². The highest BCUT2D eigenvalue weighted by Gasteiger charge is 2.30. The topological polar surface area (TPSA) is 50.2 Å². The molecule has 2 heterocycles. The van der Waals surface area contributed by atoms with E-state index in [0.29, 0.717) is 6.54 Å². The second kappa shape index (κ2) is 7.30. The van der Waals surface area contributed by atoms with Crippen molar-refractivity contribution in [3.05, 3.63) is 52.3 Å². The molecule has 0 spiro atoms. The normalized spacial score (nSPS) is 17.1. The molecule has 1 aromatic heterocycles. The highest BCUT2D eigenvalue weighted by molar-refractivity contribution is 5.75. The maximum Gasteiger partial charge on any atom is 0.317 e. The molecule has 1 fully saturated rings. The van der Waals surface area contributed by atoms with E-state index >= 15 is 0 Å². The Hall–Kier alpha value is -2.30. The van der Waals surface area contributed by atoms with Crippen molar-refractivity contribution in [1.82, 2.24) is 20.0 Å². The largest absolute Gasteiger partial charge is 0.338 e. The molecule has 5 nitrogen and oxygen atoms in total. The van der Waals surface area contributed by atoms with Crippen LogP contribution in [0.3, 0.4) is 0 Å². The lowest BCUT2D eigenvalue weighted by atomic mass is 9.99. The fourth-order valence-corrected chi connectivity index (χ4v) is 3.87. The molecule has 1 N–H and O–H groups in total. The van der Waals surface area contributed by atoms with Crippen molar-refractivity contribution in [3.8, 4) is 0 Å². The van der Waals surface area contributed by atoms with Crippen LogP contribution in [0.1, 0.15) is 47.0 Å². The van der Waals surface area contributed by atoms with Gasteiger partial charge in [0, 0.05) is 25.8 Å². The highest BCUT2D eigenvalue weighted by atomic mass is 16.2. The number of benzene rings is 1. The summed E-state index contributed by atoms with van der Waals surface area (Å²) in [5.74, 6) is 0. The summed E-state index contributed by atoms with van der Waals surface area (Å²) in [5.41, 5.74) is 5.99. The predicted octanol–water partition coefficient (Wildman–Crippen LogP) is 3.43. The van der Waals surface area contributed by atoms with Crippen LogP contribution in [0.4, 0.5) is 4.79 Å².